The van der Waals surface area contributed by atoms with Crippen molar-refractivity contribution in [3.63, 3.8) is 0 Å². The first kappa shape index (κ1) is 17.9. The smallest absolute Gasteiger partial charge is 0.250 e. The Labute approximate surface area is 151 Å². The van der Waals surface area contributed by atoms with Crippen LogP contribution < -0.4 is 16.5 Å². The third-order valence-electron chi connectivity index (χ3n) is 4.59. The lowest BCUT2D eigenvalue weighted by Gasteiger charge is -2.38. The molecule has 1 aromatic carbocycles. The number of rotatable bonds is 4. The molecule has 3 rings (SSSR count). The summed E-state index contributed by atoms with van der Waals surface area (Å²) < 4.78 is 14.5. The first-order valence-corrected chi connectivity index (χ1v) is 8.75. The highest BCUT2D eigenvalue weighted by Crippen LogP contribution is 2.34. The topological polar surface area (TPSA) is 70.4 Å². The maximum Gasteiger partial charge on any atom is 0.250 e. The van der Waals surface area contributed by atoms with Crippen molar-refractivity contribution >= 4 is 17.5 Å². The Balaban J connectivity index is 1.89. The van der Waals surface area contributed by atoms with Crippen LogP contribution in [-0.4, -0.2) is 29.5 Å². The average molecular weight is 365 g/mol. The van der Waals surface area contributed by atoms with Crippen molar-refractivity contribution in [2.75, 3.05) is 6.54 Å². The minimum absolute atomic E-state index is 0.0583. The largest absolute Gasteiger partial charge is 0.366 e. The van der Waals surface area contributed by atoms with Gasteiger partial charge in [-0.1, -0.05) is 23.8 Å². The minimum atomic E-state index is -0.673. The van der Waals surface area contributed by atoms with E-state index < -0.39 is 17.8 Å². The zero-order valence-corrected chi connectivity index (χ0v) is 14.8. The van der Waals surface area contributed by atoms with Crippen molar-refractivity contribution in [3.05, 3.63) is 58.5 Å². The van der Waals surface area contributed by atoms with Crippen LogP contribution in [0.25, 0.3) is 0 Å². The summed E-state index contributed by atoms with van der Waals surface area (Å²) in [5.74, 6) is -1.14. The van der Waals surface area contributed by atoms with Gasteiger partial charge in [0.05, 0.1) is 16.6 Å². The number of carbonyl (C=O) groups is 1. The molecule has 134 valence electrons. The summed E-state index contributed by atoms with van der Waals surface area (Å²) >= 11 is 6.31. The Bertz CT molecular complexity index is 721. The number of hydrazine groups is 1. The number of halogens is 2. The van der Waals surface area contributed by atoms with E-state index in [1.165, 1.54) is 12.1 Å². The Morgan fingerprint density at radius 1 is 1.44 bits per heavy atom. The Kier molecular flexibility index (Phi) is 5.42. The third kappa shape index (κ3) is 3.86. The molecule has 5 nitrogen and oxygen atoms in total. The molecule has 0 bridgehead atoms. The first-order valence-electron chi connectivity index (χ1n) is 8.38. The molecule has 1 saturated heterocycles. The second kappa shape index (κ2) is 7.56. The van der Waals surface area contributed by atoms with Crippen molar-refractivity contribution in [2.45, 2.75) is 37.9 Å². The highest BCUT2D eigenvalue weighted by atomic mass is 35.5. The Hall–Kier alpha value is -1.89. The fourth-order valence-electron chi connectivity index (χ4n) is 3.35. The first-order chi connectivity index (χ1) is 12.0. The van der Waals surface area contributed by atoms with Gasteiger partial charge in [-0.3, -0.25) is 4.79 Å². The van der Waals surface area contributed by atoms with E-state index in [-0.39, 0.29) is 22.2 Å². The molecule has 0 saturated carbocycles. The highest BCUT2D eigenvalue weighted by molar-refractivity contribution is 6.34. The van der Waals surface area contributed by atoms with Gasteiger partial charge in [-0.2, -0.15) is 0 Å². The van der Waals surface area contributed by atoms with Crippen LogP contribution >= 0.6 is 11.6 Å². The van der Waals surface area contributed by atoms with Gasteiger partial charge in [0.2, 0.25) is 5.91 Å². The molecule has 0 spiro atoms. The number of carbonyl (C=O) groups excluding carboxylic acids is 1. The molecular formula is C18H22ClFN4O. The normalized spacial score (nSPS) is 26.0. The van der Waals surface area contributed by atoms with Gasteiger partial charge < -0.3 is 16.1 Å². The molecule has 2 aliphatic heterocycles. The summed E-state index contributed by atoms with van der Waals surface area (Å²) in [6, 6.07) is 2.79. The molecular weight excluding hydrogens is 343 g/mol. The van der Waals surface area contributed by atoms with Crippen molar-refractivity contribution < 1.29 is 9.18 Å². The molecule has 1 amide bonds. The van der Waals surface area contributed by atoms with E-state index in [1.807, 2.05) is 29.4 Å². The molecule has 0 aromatic heterocycles. The van der Waals surface area contributed by atoms with Crippen molar-refractivity contribution in [3.8, 4) is 0 Å². The molecule has 0 radical (unpaired) electrons. The lowest BCUT2D eigenvalue weighted by Crippen LogP contribution is -2.50. The number of piperidine rings is 1. The number of primary amides is 1. The number of hydrogen-bond acceptors (Lipinski definition) is 4. The number of amides is 1. The predicted octanol–water partition coefficient (Wildman–Crippen LogP) is 2.65. The van der Waals surface area contributed by atoms with Crippen LogP contribution in [0.15, 0.2) is 36.6 Å². The Morgan fingerprint density at radius 3 is 2.96 bits per heavy atom. The van der Waals surface area contributed by atoms with Gasteiger partial charge >= 0.3 is 0 Å². The molecule has 2 heterocycles. The van der Waals surface area contributed by atoms with Gasteiger partial charge in [-0.25, -0.2) is 9.82 Å². The summed E-state index contributed by atoms with van der Waals surface area (Å²) in [4.78, 5) is 11.5. The van der Waals surface area contributed by atoms with Gasteiger partial charge in [0.15, 0.2) is 0 Å². The van der Waals surface area contributed by atoms with E-state index in [4.69, 9.17) is 17.3 Å². The fourth-order valence-corrected chi connectivity index (χ4v) is 3.70. The van der Waals surface area contributed by atoms with E-state index in [2.05, 4.69) is 17.7 Å². The zero-order chi connectivity index (χ0) is 18.0. The molecule has 3 atom stereocenters. The molecule has 2 aliphatic rings. The molecule has 7 heteroatoms. The number of nitrogens with two attached hydrogens (primary N) is 1. The van der Waals surface area contributed by atoms with E-state index in [9.17, 15) is 9.18 Å². The van der Waals surface area contributed by atoms with Crippen LogP contribution in [0.4, 0.5) is 4.39 Å². The summed E-state index contributed by atoms with van der Waals surface area (Å²) in [5, 5.41) is 5.31. The molecule has 0 aliphatic carbocycles. The van der Waals surface area contributed by atoms with Crippen LogP contribution in [-0.2, 0) is 0 Å². The van der Waals surface area contributed by atoms with Gasteiger partial charge in [0.25, 0.3) is 0 Å². The fraction of sp³-hybridized carbons (Fsp3) is 0.389. The lowest BCUT2D eigenvalue weighted by atomic mass is 9.99. The maximum atomic E-state index is 14.5. The quantitative estimate of drug-likeness (QED) is 0.768. The van der Waals surface area contributed by atoms with Crippen LogP contribution in [0, 0.1) is 5.82 Å². The standard InChI is InChI=1S/C18H22ClFN4O/c1-11-10-12(7-8-22-11)23-24-9-3-2-4-15(24)16-14(20)6-5-13(17(16)19)18(21)25/h2-6,9,11-12,15,22-23H,7-8,10H2,1H3,(H2,21,25). The zero-order valence-electron chi connectivity index (χ0n) is 14.0. The number of benzene rings is 1. The maximum absolute atomic E-state index is 14.5. The van der Waals surface area contributed by atoms with Crippen LogP contribution in [0.1, 0.15) is 41.7 Å². The summed E-state index contributed by atoms with van der Waals surface area (Å²) in [6.07, 6.45) is 9.34. The number of allylic oxidation sites excluding steroid dienone is 2. The van der Waals surface area contributed by atoms with E-state index in [0.29, 0.717) is 6.04 Å². The van der Waals surface area contributed by atoms with Crippen molar-refractivity contribution in [2.24, 2.45) is 5.73 Å². The second-order valence-corrected chi connectivity index (χ2v) is 6.85. The average Bonchev–Trinajstić information content (AvgIpc) is 2.56. The minimum Gasteiger partial charge on any atom is -0.366 e. The summed E-state index contributed by atoms with van der Waals surface area (Å²) in [5.41, 5.74) is 9.17. The lowest BCUT2D eigenvalue weighted by molar-refractivity contribution is 0.1000. The van der Waals surface area contributed by atoms with Gasteiger partial charge in [0, 0.05) is 23.8 Å². The van der Waals surface area contributed by atoms with Gasteiger partial charge in [-0.15, -0.1) is 0 Å². The SMILES string of the molecule is CC1CC(NN2C=CC=CC2c2c(F)ccc(C(N)=O)c2Cl)CCN1. The summed E-state index contributed by atoms with van der Waals surface area (Å²) in [6.45, 7) is 3.08. The molecule has 3 unspecified atom stereocenters. The van der Waals surface area contributed by atoms with E-state index in [0.717, 1.165) is 19.4 Å². The predicted molar refractivity (Wildman–Crippen MR) is 96.4 cm³/mol. The number of nitrogens with zero attached hydrogens (tertiary/aromatic N) is 1. The summed E-state index contributed by atoms with van der Waals surface area (Å²) in [7, 11) is 0. The van der Waals surface area contributed by atoms with Crippen LogP contribution in [0.3, 0.4) is 0 Å². The monoisotopic (exact) mass is 364 g/mol. The highest BCUT2D eigenvalue weighted by Gasteiger charge is 2.28. The molecule has 25 heavy (non-hydrogen) atoms. The van der Waals surface area contributed by atoms with E-state index in [1.54, 1.807) is 0 Å². The van der Waals surface area contributed by atoms with Crippen molar-refractivity contribution in [1.29, 1.82) is 0 Å². The van der Waals surface area contributed by atoms with Gasteiger partial charge in [-0.05, 0) is 44.5 Å². The molecule has 4 N–H and O–H groups in total. The van der Waals surface area contributed by atoms with E-state index >= 15 is 0 Å². The molecule has 1 fully saturated rings. The Morgan fingerprint density at radius 2 is 2.24 bits per heavy atom. The second-order valence-electron chi connectivity index (χ2n) is 6.47. The molecule has 1 aromatic rings. The number of hydrogen-bond donors (Lipinski definition) is 3. The van der Waals surface area contributed by atoms with Gasteiger partial charge in [0.1, 0.15) is 5.82 Å². The van der Waals surface area contributed by atoms with Crippen molar-refractivity contribution in [1.82, 2.24) is 15.8 Å². The van der Waals surface area contributed by atoms with Crippen LogP contribution in [0.5, 0.6) is 0 Å². The number of nitrogens with one attached hydrogen (secondary N) is 2. The third-order valence-corrected chi connectivity index (χ3v) is 5.00. The van der Waals surface area contributed by atoms with Crippen LogP contribution in [0.2, 0.25) is 5.02 Å².